The van der Waals surface area contributed by atoms with E-state index in [0.29, 0.717) is 4.83 Å². The topological polar surface area (TPSA) is 3.24 Å². The number of anilines is 1. The van der Waals surface area contributed by atoms with Gasteiger partial charge in [0.05, 0.1) is 0 Å². The number of benzene rings is 1. The van der Waals surface area contributed by atoms with Gasteiger partial charge in [0.15, 0.2) is 0 Å². The van der Waals surface area contributed by atoms with E-state index in [-0.39, 0.29) is 5.82 Å². The average Bonchev–Trinajstić information content (AvgIpc) is 2.07. The fourth-order valence-electron chi connectivity index (χ4n) is 1.43. The highest BCUT2D eigenvalue weighted by Crippen LogP contribution is 2.22. The second-order valence-corrected chi connectivity index (χ2v) is 5.22. The van der Waals surface area contributed by atoms with Crippen molar-refractivity contribution in [1.29, 1.82) is 0 Å². The van der Waals surface area contributed by atoms with Crippen molar-refractivity contribution < 1.29 is 4.39 Å². The van der Waals surface area contributed by atoms with Gasteiger partial charge in [-0.25, -0.2) is 4.39 Å². The Kier molecular flexibility index (Phi) is 3.93. The normalized spacial score (nSPS) is 12.6. The van der Waals surface area contributed by atoms with Gasteiger partial charge in [0, 0.05) is 24.6 Å². The molecule has 0 aliphatic carbocycles. The van der Waals surface area contributed by atoms with Crippen molar-refractivity contribution in [2.24, 2.45) is 0 Å². The van der Waals surface area contributed by atoms with E-state index in [0.717, 1.165) is 12.1 Å². The molecule has 0 spiro atoms. The Morgan fingerprint density at radius 1 is 1.43 bits per heavy atom. The van der Waals surface area contributed by atoms with Gasteiger partial charge in [-0.05, 0) is 24.1 Å². The van der Waals surface area contributed by atoms with Gasteiger partial charge in [-0.15, -0.1) is 0 Å². The third-order valence-electron chi connectivity index (χ3n) is 2.03. The van der Waals surface area contributed by atoms with Crippen LogP contribution in [0.15, 0.2) is 18.2 Å². The number of hydrogen-bond acceptors (Lipinski definition) is 1. The van der Waals surface area contributed by atoms with Crippen LogP contribution in [0.3, 0.4) is 0 Å². The smallest absolute Gasteiger partial charge is 0.125 e. The second-order valence-electron chi connectivity index (χ2n) is 3.65. The first-order valence-electron chi connectivity index (χ1n) is 4.60. The monoisotopic (exact) mass is 259 g/mol. The molecule has 0 amide bonds. The fourth-order valence-corrected chi connectivity index (χ4v) is 1.78. The highest BCUT2D eigenvalue weighted by atomic mass is 79.9. The Hall–Kier alpha value is -0.570. The quantitative estimate of drug-likeness (QED) is 0.754. The second kappa shape index (κ2) is 4.78. The Morgan fingerprint density at radius 2 is 2.07 bits per heavy atom. The van der Waals surface area contributed by atoms with Crippen molar-refractivity contribution in [3.8, 4) is 0 Å². The Labute approximate surface area is 93.0 Å². The number of hydrogen-bond donors (Lipinski definition) is 0. The molecule has 0 saturated heterocycles. The van der Waals surface area contributed by atoms with Crippen molar-refractivity contribution in [3.63, 3.8) is 0 Å². The minimum atomic E-state index is -0.181. The van der Waals surface area contributed by atoms with Crippen LogP contribution in [-0.2, 0) is 6.42 Å². The van der Waals surface area contributed by atoms with E-state index in [2.05, 4.69) is 22.9 Å². The Balaban J connectivity index is 3.02. The van der Waals surface area contributed by atoms with Crippen LogP contribution in [0.1, 0.15) is 12.5 Å². The van der Waals surface area contributed by atoms with Gasteiger partial charge in [-0.2, -0.15) is 0 Å². The van der Waals surface area contributed by atoms with Crippen LogP contribution >= 0.6 is 15.9 Å². The molecule has 0 aliphatic heterocycles. The lowest BCUT2D eigenvalue weighted by molar-refractivity contribution is 0.626. The number of halogens is 2. The first-order valence-corrected chi connectivity index (χ1v) is 5.52. The summed E-state index contributed by atoms with van der Waals surface area (Å²) in [5.41, 5.74) is 2.12. The van der Waals surface area contributed by atoms with Crippen molar-refractivity contribution >= 4 is 21.6 Å². The van der Waals surface area contributed by atoms with E-state index in [4.69, 9.17) is 0 Å². The van der Waals surface area contributed by atoms with Crippen molar-refractivity contribution in [2.75, 3.05) is 19.0 Å². The molecule has 0 bridgehead atoms. The summed E-state index contributed by atoms with van der Waals surface area (Å²) in [5.74, 6) is -0.181. The maximum atomic E-state index is 13.0. The molecule has 3 heteroatoms. The highest BCUT2D eigenvalue weighted by molar-refractivity contribution is 9.09. The zero-order valence-corrected chi connectivity index (χ0v) is 10.3. The first-order chi connectivity index (χ1) is 6.50. The van der Waals surface area contributed by atoms with E-state index in [1.165, 1.54) is 11.6 Å². The number of nitrogens with zero attached hydrogens (tertiary/aromatic N) is 1. The van der Waals surface area contributed by atoms with Crippen LogP contribution in [0, 0.1) is 5.82 Å². The summed E-state index contributed by atoms with van der Waals surface area (Å²) < 4.78 is 13.0. The number of rotatable bonds is 3. The van der Waals surface area contributed by atoms with Crippen LogP contribution in [0.2, 0.25) is 0 Å². The molecule has 1 atom stereocenters. The van der Waals surface area contributed by atoms with Gasteiger partial charge in [0.1, 0.15) is 5.82 Å². The van der Waals surface area contributed by atoms with Gasteiger partial charge < -0.3 is 4.90 Å². The molecule has 0 radical (unpaired) electrons. The minimum absolute atomic E-state index is 0.181. The Bertz CT molecular complexity index is 310. The standard InChI is InChI=1S/C11H15BrFN/c1-8(12)6-9-4-5-10(13)7-11(9)14(2)3/h4-5,7-8H,6H2,1-3H3. The molecule has 1 aromatic carbocycles. The summed E-state index contributed by atoms with van der Waals surface area (Å²) in [6.45, 7) is 2.09. The predicted molar refractivity (Wildman–Crippen MR) is 62.8 cm³/mol. The molecule has 0 aliphatic rings. The zero-order valence-electron chi connectivity index (χ0n) is 8.72. The van der Waals surface area contributed by atoms with Crippen LogP contribution in [-0.4, -0.2) is 18.9 Å². The van der Waals surface area contributed by atoms with Gasteiger partial charge in [0.25, 0.3) is 0 Å². The summed E-state index contributed by atoms with van der Waals surface area (Å²) >= 11 is 3.50. The molecular formula is C11H15BrFN. The van der Waals surface area contributed by atoms with Crippen molar-refractivity contribution in [1.82, 2.24) is 0 Å². The lowest BCUT2D eigenvalue weighted by atomic mass is 10.1. The molecule has 0 heterocycles. The summed E-state index contributed by atoms with van der Waals surface area (Å²) in [6, 6.07) is 4.94. The summed E-state index contributed by atoms with van der Waals surface area (Å²) in [4.78, 5) is 2.35. The summed E-state index contributed by atoms with van der Waals surface area (Å²) in [6.07, 6.45) is 0.911. The van der Waals surface area contributed by atoms with E-state index in [1.54, 1.807) is 6.07 Å². The van der Waals surface area contributed by atoms with E-state index >= 15 is 0 Å². The minimum Gasteiger partial charge on any atom is -0.377 e. The molecule has 78 valence electrons. The fraction of sp³-hybridized carbons (Fsp3) is 0.455. The van der Waals surface area contributed by atoms with E-state index in [1.807, 2.05) is 25.1 Å². The predicted octanol–water partition coefficient (Wildman–Crippen LogP) is 3.22. The lowest BCUT2D eigenvalue weighted by Crippen LogP contribution is -2.13. The largest absolute Gasteiger partial charge is 0.377 e. The molecule has 0 aromatic heterocycles. The van der Waals surface area contributed by atoms with Crippen LogP contribution in [0.25, 0.3) is 0 Å². The molecule has 14 heavy (non-hydrogen) atoms. The summed E-state index contributed by atoms with van der Waals surface area (Å²) in [5, 5.41) is 0. The summed E-state index contributed by atoms with van der Waals surface area (Å²) in [7, 11) is 3.86. The maximum absolute atomic E-state index is 13.0. The number of alkyl halides is 1. The van der Waals surface area contributed by atoms with Gasteiger partial charge in [-0.3, -0.25) is 0 Å². The molecule has 0 saturated carbocycles. The van der Waals surface area contributed by atoms with E-state index in [9.17, 15) is 4.39 Å². The van der Waals surface area contributed by atoms with Gasteiger partial charge >= 0.3 is 0 Å². The van der Waals surface area contributed by atoms with Crippen LogP contribution in [0.4, 0.5) is 10.1 Å². The third-order valence-corrected chi connectivity index (χ3v) is 2.35. The highest BCUT2D eigenvalue weighted by Gasteiger charge is 2.08. The average molecular weight is 260 g/mol. The lowest BCUT2D eigenvalue weighted by Gasteiger charge is -2.18. The van der Waals surface area contributed by atoms with E-state index < -0.39 is 0 Å². The molecular weight excluding hydrogens is 245 g/mol. The van der Waals surface area contributed by atoms with Crippen LogP contribution < -0.4 is 4.90 Å². The molecule has 0 N–H and O–H groups in total. The maximum Gasteiger partial charge on any atom is 0.125 e. The third kappa shape index (κ3) is 2.98. The molecule has 1 rings (SSSR count). The van der Waals surface area contributed by atoms with Crippen molar-refractivity contribution in [2.45, 2.75) is 18.2 Å². The molecule has 1 unspecified atom stereocenters. The Morgan fingerprint density at radius 3 is 2.57 bits per heavy atom. The zero-order chi connectivity index (χ0) is 10.7. The first kappa shape index (κ1) is 11.5. The molecule has 1 aromatic rings. The van der Waals surface area contributed by atoms with Crippen LogP contribution in [0.5, 0.6) is 0 Å². The SMILES string of the molecule is CC(Br)Cc1ccc(F)cc1N(C)C. The van der Waals surface area contributed by atoms with Crippen molar-refractivity contribution in [3.05, 3.63) is 29.6 Å². The molecule has 1 nitrogen and oxygen atoms in total. The van der Waals surface area contributed by atoms with Gasteiger partial charge in [0.2, 0.25) is 0 Å². The van der Waals surface area contributed by atoms with Gasteiger partial charge in [-0.1, -0.05) is 28.9 Å². The molecule has 0 fully saturated rings.